The maximum absolute atomic E-state index is 16.5. The maximum atomic E-state index is 16.5. The van der Waals surface area contributed by atoms with Crippen molar-refractivity contribution in [2.45, 2.75) is 50.4 Å². The van der Waals surface area contributed by atoms with Crippen LogP contribution in [-0.2, 0) is 6.42 Å². The largest absolute Gasteiger partial charge is 0.475 e. The fourth-order valence-corrected chi connectivity index (χ4v) is 8.69. The molecule has 11 nitrogen and oxygen atoms in total. The Morgan fingerprint density at radius 2 is 1.96 bits per heavy atom. The number of anilines is 3. The van der Waals surface area contributed by atoms with Crippen LogP contribution in [0.15, 0.2) is 24.4 Å². The second-order valence-electron chi connectivity index (χ2n) is 12.6. The molecule has 3 unspecified atom stereocenters. The molecule has 4 aromatic heterocycles. The maximum Gasteiger partial charge on any atom is 0.318 e. The van der Waals surface area contributed by atoms with E-state index >= 15 is 4.39 Å². The molecule has 0 bridgehead atoms. The lowest BCUT2D eigenvalue weighted by Crippen LogP contribution is -2.32. The summed E-state index contributed by atoms with van der Waals surface area (Å²) in [5.41, 5.74) is 14.3. The average Bonchev–Trinajstić information content (AvgIpc) is 3.85. The number of thiophene rings is 1. The van der Waals surface area contributed by atoms with E-state index in [0.717, 1.165) is 48.3 Å². The molecule has 9 rings (SSSR count). The quantitative estimate of drug-likeness (QED) is 0.240. The van der Waals surface area contributed by atoms with Crippen molar-refractivity contribution in [1.29, 1.82) is 5.26 Å². The normalized spacial score (nSPS) is 21.1. The molecule has 0 spiro atoms. The summed E-state index contributed by atoms with van der Waals surface area (Å²) in [5, 5.41) is 10.3. The van der Waals surface area contributed by atoms with Crippen molar-refractivity contribution >= 4 is 49.0 Å². The highest BCUT2D eigenvalue weighted by Crippen LogP contribution is 2.47. The van der Waals surface area contributed by atoms with E-state index in [2.05, 4.69) is 24.8 Å². The molecule has 0 radical (unpaired) electrons. The van der Waals surface area contributed by atoms with Crippen LogP contribution in [0.25, 0.3) is 32.2 Å². The number of halogens is 3. The van der Waals surface area contributed by atoms with Gasteiger partial charge in [0.15, 0.2) is 5.82 Å². The summed E-state index contributed by atoms with van der Waals surface area (Å²) in [5.74, 6) is -0.412. The molecular formula is C34H32F3N9O2S. The van der Waals surface area contributed by atoms with Gasteiger partial charge in [0.05, 0.1) is 30.0 Å². The predicted octanol–water partition coefficient (Wildman–Crippen LogP) is 5.70. The number of nitrogens with two attached hydrogens (primary N) is 2. The molecule has 49 heavy (non-hydrogen) atoms. The number of fused-ring (bicyclic) bond motifs is 3. The van der Waals surface area contributed by atoms with E-state index in [4.69, 9.17) is 20.9 Å². The first-order chi connectivity index (χ1) is 23.8. The molecule has 0 saturated carbocycles. The third kappa shape index (κ3) is 5.12. The first kappa shape index (κ1) is 31.3. The van der Waals surface area contributed by atoms with Gasteiger partial charge in [0.2, 0.25) is 5.88 Å². The Hall–Kier alpha value is -4.94. The minimum atomic E-state index is -0.791. The van der Waals surface area contributed by atoms with Crippen molar-refractivity contribution in [3.8, 4) is 29.2 Å². The fourth-order valence-electron chi connectivity index (χ4n) is 7.74. The van der Waals surface area contributed by atoms with Crippen LogP contribution in [0.4, 0.5) is 29.8 Å². The van der Waals surface area contributed by atoms with Crippen LogP contribution in [0, 0.1) is 23.0 Å². The van der Waals surface area contributed by atoms with Gasteiger partial charge in [-0.3, -0.25) is 4.90 Å². The standard InChI is InChI=1S/C27H20F2N8O2S.C7H12FN/c1-38-27-35-21-18-25(36-27)37(15-5-2-11-6-7-33-23(31)16(11)15)8-9-39-26(18)34-20(19(21)29)12-3-4-14(28)22-17(12)13(10-30)24(32)40-22;8-6-4-7-2-1-3-9(7)5-6/h3-4,6-7,15H,2,5,8-9,32H2,1H3,(H2,31,33);6-7H,1-5H2. The lowest BCUT2D eigenvalue weighted by molar-refractivity contribution is 0.292. The SMILES string of the molecule is COc1nc2c3c(nc(-c4ccc(F)c5sc(N)c(C#N)c45)c(F)c3n1)OCCN2C1CCc2ccnc(N)c21.FC1CC2CCCN2C1. The van der Waals surface area contributed by atoms with Gasteiger partial charge in [-0.25, -0.2) is 23.1 Å². The summed E-state index contributed by atoms with van der Waals surface area (Å²) >= 11 is 0.922. The molecule has 0 amide bonds. The van der Waals surface area contributed by atoms with Crippen LogP contribution >= 0.6 is 11.3 Å². The van der Waals surface area contributed by atoms with Crippen molar-refractivity contribution in [3.05, 3.63) is 52.7 Å². The zero-order chi connectivity index (χ0) is 34.0. The van der Waals surface area contributed by atoms with Crippen molar-refractivity contribution < 1.29 is 22.6 Å². The van der Waals surface area contributed by atoms with E-state index in [0.29, 0.717) is 30.8 Å². The Kier molecular flexibility index (Phi) is 7.79. The lowest BCUT2D eigenvalue weighted by atomic mass is 10.0. The number of aromatic nitrogens is 4. The molecule has 4 N–H and O–H groups in total. The van der Waals surface area contributed by atoms with Crippen molar-refractivity contribution in [3.63, 3.8) is 0 Å². The van der Waals surface area contributed by atoms with Crippen LogP contribution in [0.3, 0.4) is 0 Å². The second-order valence-corrected chi connectivity index (χ2v) is 13.6. The summed E-state index contributed by atoms with van der Waals surface area (Å²) in [7, 11) is 1.40. The molecule has 7 heterocycles. The molecular weight excluding hydrogens is 655 g/mol. The molecule has 1 aliphatic carbocycles. The summed E-state index contributed by atoms with van der Waals surface area (Å²) in [6, 6.07) is 6.93. The highest BCUT2D eigenvalue weighted by Gasteiger charge is 2.37. The molecule has 1 aromatic carbocycles. The summed E-state index contributed by atoms with van der Waals surface area (Å²) in [6.45, 7) is 2.47. The third-order valence-electron chi connectivity index (χ3n) is 9.89. The second kappa shape index (κ2) is 12.2. The van der Waals surface area contributed by atoms with Gasteiger partial charge in [-0.15, -0.1) is 11.3 Å². The number of nitrogens with zero attached hydrogens (tertiary/aromatic N) is 7. The smallest absolute Gasteiger partial charge is 0.318 e. The highest BCUT2D eigenvalue weighted by atomic mass is 32.1. The lowest BCUT2D eigenvalue weighted by Gasteiger charge is -2.30. The topological polar surface area (TPSA) is 152 Å². The number of hydrogen-bond acceptors (Lipinski definition) is 12. The molecule has 5 aromatic rings. The van der Waals surface area contributed by atoms with Gasteiger partial charge in [0, 0.05) is 35.3 Å². The van der Waals surface area contributed by atoms with Crippen LogP contribution in [-0.4, -0.2) is 70.4 Å². The predicted molar refractivity (Wildman–Crippen MR) is 180 cm³/mol. The van der Waals surface area contributed by atoms with Gasteiger partial charge in [-0.2, -0.15) is 15.2 Å². The zero-order valence-corrected chi connectivity index (χ0v) is 27.4. The Morgan fingerprint density at radius 3 is 2.76 bits per heavy atom. The van der Waals surface area contributed by atoms with Crippen LogP contribution in [0.5, 0.6) is 11.9 Å². The van der Waals surface area contributed by atoms with Gasteiger partial charge < -0.3 is 25.8 Å². The summed E-state index contributed by atoms with van der Waals surface area (Å²) in [4.78, 5) is 22.1. The number of nitrogen functional groups attached to an aromatic ring is 2. The Bertz CT molecular complexity index is 2160. The Balaban J connectivity index is 0.000000334. The van der Waals surface area contributed by atoms with Crippen molar-refractivity contribution in [2.24, 2.45) is 0 Å². The van der Waals surface area contributed by atoms with E-state index in [1.165, 1.54) is 32.1 Å². The van der Waals surface area contributed by atoms with Gasteiger partial charge in [0.25, 0.3) is 0 Å². The number of ether oxygens (including phenoxy) is 2. The first-order valence-electron chi connectivity index (χ1n) is 16.1. The Morgan fingerprint density at radius 1 is 1.10 bits per heavy atom. The molecule has 2 saturated heterocycles. The number of alkyl halides is 1. The highest BCUT2D eigenvalue weighted by molar-refractivity contribution is 7.23. The first-order valence-corrected chi connectivity index (χ1v) is 17.0. The monoisotopic (exact) mass is 687 g/mol. The van der Waals surface area contributed by atoms with E-state index < -0.39 is 17.8 Å². The minimum absolute atomic E-state index is 0.0458. The third-order valence-corrected chi connectivity index (χ3v) is 10.9. The average molecular weight is 688 g/mol. The Labute approximate surface area is 283 Å². The number of nitriles is 1. The summed E-state index contributed by atoms with van der Waals surface area (Å²) in [6.07, 6.45) is 6.06. The van der Waals surface area contributed by atoms with E-state index in [-0.39, 0.29) is 67.4 Å². The number of benzene rings is 1. The van der Waals surface area contributed by atoms with Gasteiger partial charge in [-0.05, 0) is 62.4 Å². The molecule has 4 aliphatic rings. The molecule has 15 heteroatoms. The zero-order valence-electron chi connectivity index (χ0n) is 26.5. The molecule has 3 atom stereocenters. The number of aryl methyl sites for hydroxylation is 1. The number of methoxy groups -OCH3 is 1. The number of pyridine rings is 2. The summed E-state index contributed by atoms with van der Waals surface area (Å²) < 4.78 is 55.4. The molecule has 3 aliphatic heterocycles. The fraction of sp³-hybridized carbons (Fsp3) is 0.382. The molecule has 252 valence electrons. The van der Waals surface area contributed by atoms with Crippen molar-refractivity contribution in [2.75, 3.05) is 49.7 Å². The van der Waals surface area contributed by atoms with E-state index in [1.54, 1.807) is 6.20 Å². The van der Waals surface area contributed by atoms with Crippen molar-refractivity contribution in [1.82, 2.24) is 24.8 Å². The minimum Gasteiger partial charge on any atom is -0.475 e. The molecule has 2 fully saturated rings. The van der Waals surface area contributed by atoms with Crippen LogP contribution < -0.4 is 25.8 Å². The van der Waals surface area contributed by atoms with E-state index in [9.17, 15) is 14.0 Å². The number of hydrogen-bond donors (Lipinski definition) is 2. The van der Waals surface area contributed by atoms with Gasteiger partial charge >= 0.3 is 6.01 Å². The van der Waals surface area contributed by atoms with E-state index in [1.807, 2.05) is 17.0 Å². The number of rotatable bonds is 3. The van der Waals surface area contributed by atoms with Crippen LogP contribution in [0.2, 0.25) is 0 Å². The van der Waals surface area contributed by atoms with Gasteiger partial charge in [0.1, 0.15) is 57.9 Å². The van der Waals surface area contributed by atoms with Crippen LogP contribution in [0.1, 0.15) is 48.4 Å². The van der Waals surface area contributed by atoms with Gasteiger partial charge in [-0.1, -0.05) is 0 Å².